The third-order valence-corrected chi connectivity index (χ3v) is 6.00. The van der Waals surface area contributed by atoms with Crippen molar-refractivity contribution in [1.82, 2.24) is 0 Å². The van der Waals surface area contributed by atoms with Gasteiger partial charge in [0, 0.05) is 16.7 Å². The molecule has 0 aliphatic carbocycles. The highest BCUT2D eigenvalue weighted by Crippen LogP contribution is 2.34. The van der Waals surface area contributed by atoms with Gasteiger partial charge in [-0.1, -0.05) is 48.5 Å². The van der Waals surface area contributed by atoms with Crippen LogP contribution >= 0.6 is 0 Å². The second-order valence-electron chi connectivity index (χ2n) is 8.22. The van der Waals surface area contributed by atoms with E-state index >= 15 is 0 Å². The zero-order chi connectivity index (χ0) is 22.9. The Morgan fingerprint density at radius 3 is 2.55 bits per heavy atom. The number of aliphatic hydroxyl groups is 1. The number of allylic oxidation sites excluding steroid dienone is 1. The van der Waals surface area contributed by atoms with E-state index in [4.69, 9.17) is 14.5 Å². The van der Waals surface area contributed by atoms with Crippen LogP contribution in [0.25, 0.3) is 16.7 Å². The number of ether oxygens (including phenoxy) is 2. The van der Waals surface area contributed by atoms with Crippen molar-refractivity contribution < 1.29 is 19.4 Å². The van der Waals surface area contributed by atoms with Crippen LogP contribution in [0.2, 0.25) is 0 Å². The molecule has 3 aromatic carbocycles. The second kappa shape index (κ2) is 8.73. The number of hydrogen-bond donors (Lipinski definition) is 1. The van der Waals surface area contributed by atoms with Gasteiger partial charge >= 0.3 is 5.97 Å². The highest BCUT2D eigenvalue weighted by Gasteiger charge is 2.27. The van der Waals surface area contributed by atoms with Gasteiger partial charge < -0.3 is 14.6 Å². The second-order valence-corrected chi connectivity index (χ2v) is 8.22. The Balaban J connectivity index is 1.35. The SMILES string of the molecule is CC1=C(C(=O)OC(CO)COCc2ccccc2)N=c2cc3c(c(C)c21)=Nc1ccccc1-3. The molecule has 0 spiro atoms. The molecular weight excluding hydrogens is 416 g/mol. The number of benzene rings is 3. The lowest BCUT2D eigenvalue weighted by Gasteiger charge is -2.16. The molecule has 33 heavy (non-hydrogen) atoms. The summed E-state index contributed by atoms with van der Waals surface area (Å²) in [5, 5.41) is 11.3. The summed E-state index contributed by atoms with van der Waals surface area (Å²) >= 11 is 0. The largest absolute Gasteiger partial charge is 0.453 e. The van der Waals surface area contributed by atoms with E-state index in [0.29, 0.717) is 6.61 Å². The van der Waals surface area contributed by atoms with E-state index in [1.807, 2.05) is 74.5 Å². The standard InChI is InChI=1S/C27H24N2O4/c1-16-24-17(2)26(27(31)33-19(13-30)15-32-14-18-8-4-3-5-9-18)29-23(24)12-21-20-10-6-7-11-22(20)28-25(16)21/h3-12,19,30H,13-15H2,1-2H3. The van der Waals surface area contributed by atoms with Gasteiger partial charge in [-0.2, -0.15) is 0 Å². The number of para-hydroxylation sites is 1. The van der Waals surface area contributed by atoms with Crippen LogP contribution in [0.1, 0.15) is 23.6 Å². The van der Waals surface area contributed by atoms with Crippen LogP contribution in [0.4, 0.5) is 5.69 Å². The van der Waals surface area contributed by atoms with Crippen molar-refractivity contribution in [1.29, 1.82) is 0 Å². The van der Waals surface area contributed by atoms with Gasteiger partial charge in [0.2, 0.25) is 0 Å². The Hall–Kier alpha value is -3.61. The van der Waals surface area contributed by atoms with E-state index in [1.165, 1.54) is 0 Å². The van der Waals surface area contributed by atoms with Gasteiger partial charge in [-0.3, -0.25) is 0 Å². The summed E-state index contributed by atoms with van der Waals surface area (Å²) in [5.74, 6) is -0.567. The number of hydrogen-bond acceptors (Lipinski definition) is 6. The first-order valence-electron chi connectivity index (χ1n) is 10.9. The van der Waals surface area contributed by atoms with Gasteiger partial charge in [0.15, 0.2) is 5.70 Å². The Kier molecular flexibility index (Phi) is 5.62. The lowest BCUT2D eigenvalue weighted by atomic mass is 9.96. The van der Waals surface area contributed by atoms with Gasteiger partial charge in [0.05, 0.1) is 36.2 Å². The van der Waals surface area contributed by atoms with Crippen molar-refractivity contribution in [3.8, 4) is 11.1 Å². The van der Waals surface area contributed by atoms with Crippen molar-refractivity contribution >= 4 is 17.2 Å². The molecule has 0 aromatic heterocycles. The molecule has 2 heterocycles. The van der Waals surface area contributed by atoms with E-state index in [1.54, 1.807) is 0 Å². The minimum absolute atomic E-state index is 0.0966. The predicted molar refractivity (Wildman–Crippen MR) is 124 cm³/mol. The number of carbonyl (C=O) groups is 1. The lowest BCUT2D eigenvalue weighted by molar-refractivity contribution is -0.150. The average molecular weight is 440 g/mol. The van der Waals surface area contributed by atoms with Crippen molar-refractivity contribution in [3.63, 3.8) is 0 Å². The highest BCUT2D eigenvalue weighted by atomic mass is 16.6. The minimum atomic E-state index is -0.770. The average Bonchev–Trinajstić information content (AvgIpc) is 3.37. The van der Waals surface area contributed by atoms with Crippen LogP contribution in [0, 0.1) is 6.92 Å². The van der Waals surface area contributed by atoms with Gasteiger partial charge in [-0.15, -0.1) is 0 Å². The summed E-state index contributed by atoms with van der Waals surface area (Å²) in [7, 11) is 0. The molecule has 5 rings (SSSR count). The first kappa shape index (κ1) is 21.2. The molecule has 1 unspecified atom stereocenters. The Morgan fingerprint density at radius 2 is 1.76 bits per heavy atom. The Morgan fingerprint density at radius 1 is 1.00 bits per heavy atom. The maximum Gasteiger partial charge on any atom is 0.357 e. The number of carbonyl (C=O) groups excluding carboxylic acids is 1. The first-order chi connectivity index (χ1) is 16.1. The maximum absolute atomic E-state index is 12.9. The van der Waals surface area contributed by atoms with Gasteiger partial charge in [-0.05, 0) is 42.7 Å². The molecule has 0 bridgehead atoms. The van der Waals surface area contributed by atoms with Crippen molar-refractivity contribution in [3.05, 3.63) is 93.8 Å². The normalized spacial score (nSPS) is 14.2. The topological polar surface area (TPSA) is 80.5 Å². The molecule has 3 aromatic rings. The number of rotatable bonds is 7. The molecule has 0 saturated carbocycles. The number of esters is 1. The number of fused-ring (bicyclic) bond motifs is 4. The summed E-state index contributed by atoms with van der Waals surface area (Å²) < 4.78 is 11.2. The van der Waals surface area contributed by atoms with Crippen LogP contribution in [0.15, 0.2) is 76.3 Å². The van der Waals surface area contributed by atoms with Gasteiger partial charge in [-0.25, -0.2) is 14.8 Å². The highest BCUT2D eigenvalue weighted by molar-refractivity contribution is 5.99. The summed E-state index contributed by atoms with van der Waals surface area (Å²) in [5.41, 5.74) is 6.96. The minimum Gasteiger partial charge on any atom is -0.453 e. The Bertz CT molecular complexity index is 1390. The Labute approximate surface area is 191 Å². The molecule has 2 aliphatic heterocycles. The summed E-state index contributed by atoms with van der Waals surface area (Å²) in [6, 6.07) is 19.7. The maximum atomic E-state index is 12.9. The number of aliphatic hydroxyl groups excluding tert-OH is 1. The van der Waals surface area contributed by atoms with Crippen molar-refractivity contribution in [2.75, 3.05) is 13.2 Å². The first-order valence-corrected chi connectivity index (χ1v) is 10.9. The van der Waals surface area contributed by atoms with E-state index in [0.717, 1.165) is 49.8 Å². The van der Waals surface area contributed by atoms with Gasteiger partial charge in [0.25, 0.3) is 0 Å². The molecule has 6 nitrogen and oxygen atoms in total. The predicted octanol–water partition coefficient (Wildman–Crippen LogP) is 3.41. The molecule has 0 fully saturated rings. The fraction of sp³-hybridized carbons (Fsp3) is 0.222. The zero-order valence-electron chi connectivity index (χ0n) is 18.5. The van der Waals surface area contributed by atoms with Crippen LogP contribution in [0.3, 0.4) is 0 Å². The van der Waals surface area contributed by atoms with E-state index in [-0.39, 0.29) is 18.9 Å². The summed E-state index contributed by atoms with van der Waals surface area (Å²) in [6.45, 7) is 4.02. The van der Waals surface area contributed by atoms with Crippen LogP contribution in [-0.4, -0.2) is 30.4 Å². The monoisotopic (exact) mass is 440 g/mol. The quantitative estimate of drug-likeness (QED) is 0.447. The molecular formula is C27H24N2O4. The fourth-order valence-electron chi connectivity index (χ4n) is 4.36. The number of nitrogens with zero attached hydrogens (tertiary/aromatic N) is 2. The van der Waals surface area contributed by atoms with Crippen molar-refractivity contribution in [2.45, 2.75) is 26.6 Å². The molecule has 0 amide bonds. The van der Waals surface area contributed by atoms with E-state index in [2.05, 4.69) is 4.99 Å². The molecule has 166 valence electrons. The molecule has 1 N–H and O–H groups in total. The van der Waals surface area contributed by atoms with E-state index in [9.17, 15) is 9.90 Å². The molecule has 6 heteroatoms. The smallest absolute Gasteiger partial charge is 0.357 e. The van der Waals surface area contributed by atoms with Gasteiger partial charge in [0.1, 0.15) is 6.10 Å². The molecule has 0 radical (unpaired) electrons. The third-order valence-electron chi connectivity index (χ3n) is 6.00. The molecule has 0 saturated heterocycles. The lowest BCUT2D eigenvalue weighted by Crippen LogP contribution is -2.27. The van der Waals surface area contributed by atoms with Crippen LogP contribution in [0.5, 0.6) is 0 Å². The summed E-state index contributed by atoms with van der Waals surface area (Å²) in [6.07, 6.45) is -0.770. The third kappa shape index (κ3) is 3.88. The van der Waals surface area contributed by atoms with Crippen LogP contribution in [-0.2, 0) is 20.9 Å². The van der Waals surface area contributed by atoms with Crippen LogP contribution < -0.4 is 10.7 Å². The zero-order valence-corrected chi connectivity index (χ0v) is 18.5. The van der Waals surface area contributed by atoms with E-state index < -0.39 is 12.1 Å². The molecule has 2 aliphatic rings. The molecule has 1 atom stereocenters. The fourth-order valence-corrected chi connectivity index (χ4v) is 4.36. The summed E-state index contributed by atoms with van der Waals surface area (Å²) in [4.78, 5) is 22.3. The van der Waals surface area contributed by atoms with Crippen molar-refractivity contribution in [2.24, 2.45) is 9.98 Å².